The number of ether oxygens (including phenoxy) is 3. The zero-order valence-electron chi connectivity index (χ0n) is 18.1. The van der Waals surface area contributed by atoms with Crippen LogP contribution in [0.3, 0.4) is 0 Å². The van der Waals surface area contributed by atoms with E-state index in [0.717, 1.165) is 6.42 Å². The molecule has 29 heavy (non-hydrogen) atoms. The molecule has 1 fully saturated rings. The highest BCUT2D eigenvalue weighted by molar-refractivity contribution is 5.75. The number of hydrogen-bond donors (Lipinski definition) is 3. The van der Waals surface area contributed by atoms with Gasteiger partial charge in [0.15, 0.2) is 6.29 Å². The molecule has 0 saturated carbocycles. The van der Waals surface area contributed by atoms with Gasteiger partial charge >= 0.3 is 5.97 Å². The Morgan fingerprint density at radius 3 is 2.41 bits per heavy atom. The van der Waals surface area contributed by atoms with E-state index >= 15 is 0 Å². The Labute approximate surface area is 173 Å². The van der Waals surface area contributed by atoms with Gasteiger partial charge in [0.25, 0.3) is 0 Å². The van der Waals surface area contributed by atoms with Crippen molar-refractivity contribution >= 4 is 17.8 Å². The lowest BCUT2D eigenvalue weighted by Gasteiger charge is -2.44. The fraction of sp³-hybridized carbons (Fsp3) is 0.850. The third kappa shape index (κ3) is 9.56. The number of amides is 2. The summed E-state index contributed by atoms with van der Waals surface area (Å²) < 4.78 is 17.0. The molecule has 0 radical (unpaired) electrons. The second-order valence-corrected chi connectivity index (χ2v) is 7.61. The molecule has 1 heterocycles. The van der Waals surface area contributed by atoms with Gasteiger partial charge in [-0.15, -0.1) is 0 Å². The lowest BCUT2D eigenvalue weighted by atomic mass is 9.82. The van der Waals surface area contributed by atoms with E-state index in [1.54, 1.807) is 0 Å². The van der Waals surface area contributed by atoms with Gasteiger partial charge in [0.1, 0.15) is 6.61 Å². The maximum atomic E-state index is 11.7. The Hall–Kier alpha value is -1.71. The summed E-state index contributed by atoms with van der Waals surface area (Å²) >= 11 is 0. The first-order valence-corrected chi connectivity index (χ1v) is 10.4. The van der Waals surface area contributed by atoms with Crippen LogP contribution in [0.4, 0.5) is 0 Å². The zero-order valence-corrected chi connectivity index (χ0v) is 18.1. The first-order chi connectivity index (χ1) is 13.8. The van der Waals surface area contributed by atoms with E-state index in [1.807, 2.05) is 13.8 Å². The van der Waals surface area contributed by atoms with Crippen molar-refractivity contribution in [3.63, 3.8) is 0 Å². The molecule has 5 unspecified atom stereocenters. The predicted octanol–water partition coefficient (Wildman–Crippen LogP) is 0.703. The number of unbranched alkanes of at least 4 members (excludes halogenated alkanes) is 1. The molecule has 1 saturated heterocycles. The van der Waals surface area contributed by atoms with Gasteiger partial charge < -0.3 is 30.6 Å². The molecule has 0 spiro atoms. The topological polar surface area (TPSA) is 129 Å². The van der Waals surface area contributed by atoms with Crippen LogP contribution in [0.15, 0.2) is 0 Å². The molecule has 1 rings (SSSR count). The van der Waals surface area contributed by atoms with Crippen molar-refractivity contribution in [2.45, 2.75) is 71.8 Å². The van der Waals surface area contributed by atoms with Gasteiger partial charge in [-0.3, -0.25) is 14.4 Å². The fourth-order valence-electron chi connectivity index (χ4n) is 3.27. The third-order valence-electron chi connectivity index (χ3n) is 5.19. The predicted molar refractivity (Wildman–Crippen MR) is 108 cm³/mol. The monoisotopic (exact) mass is 415 g/mol. The smallest absolute Gasteiger partial charge is 0.302 e. The summed E-state index contributed by atoms with van der Waals surface area (Å²) in [6.45, 7) is 8.55. The van der Waals surface area contributed by atoms with Gasteiger partial charge in [-0.25, -0.2) is 0 Å². The number of rotatable bonds is 12. The van der Waals surface area contributed by atoms with Gasteiger partial charge in [-0.1, -0.05) is 13.8 Å². The molecule has 0 aliphatic carbocycles. The summed E-state index contributed by atoms with van der Waals surface area (Å²) in [5.74, 6) is -0.360. The van der Waals surface area contributed by atoms with Crippen molar-refractivity contribution in [2.24, 2.45) is 17.6 Å². The SMILES string of the molecule is CC(=O)NC1C(OCCCCC(=O)NCCCN)OC(COC(C)=O)C(C)C1C. The van der Waals surface area contributed by atoms with E-state index in [1.165, 1.54) is 13.8 Å². The normalized spacial score (nSPS) is 26.6. The van der Waals surface area contributed by atoms with Crippen molar-refractivity contribution in [3.05, 3.63) is 0 Å². The molecule has 0 aromatic carbocycles. The van der Waals surface area contributed by atoms with E-state index in [4.69, 9.17) is 19.9 Å². The van der Waals surface area contributed by atoms with Crippen LogP contribution in [0.2, 0.25) is 0 Å². The van der Waals surface area contributed by atoms with E-state index in [2.05, 4.69) is 10.6 Å². The number of nitrogens with one attached hydrogen (secondary N) is 2. The van der Waals surface area contributed by atoms with E-state index in [0.29, 0.717) is 39.0 Å². The summed E-state index contributed by atoms with van der Waals surface area (Å²) in [6, 6.07) is -0.296. The molecule has 4 N–H and O–H groups in total. The molecule has 0 bridgehead atoms. The van der Waals surface area contributed by atoms with Crippen molar-refractivity contribution in [3.8, 4) is 0 Å². The summed E-state index contributed by atoms with van der Waals surface area (Å²) in [4.78, 5) is 34.5. The second-order valence-electron chi connectivity index (χ2n) is 7.61. The van der Waals surface area contributed by atoms with Crippen molar-refractivity contribution < 1.29 is 28.6 Å². The molecule has 168 valence electrons. The van der Waals surface area contributed by atoms with Gasteiger partial charge in [0.2, 0.25) is 11.8 Å². The molecule has 1 aliphatic rings. The molecular formula is C20H37N3O6. The van der Waals surface area contributed by atoms with Gasteiger partial charge in [-0.05, 0) is 37.6 Å². The Bertz CT molecular complexity index is 528. The highest BCUT2D eigenvalue weighted by Gasteiger charge is 2.42. The fourth-order valence-corrected chi connectivity index (χ4v) is 3.27. The molecule has 0 aromatic heterocycles. The maximum Gasteiger partial charge on any atom is 0.302 e. The number of carbonyl (C=O) groups is 3. The van der Waals surface area contributed by atoms with Gasteiger partial charge in [-0.2, -0.15) is 0 Å². The molecule has 0 aromatic rings. The first kappa shape index (κ1) is 25.3. The standard InChI is InChI=1S/C20H37N3O6/c1-13-14(2)19(23-15(3)24)20(29-17(13)12-28-16(4)25)27-11-6-5-8-18(26)22-10-7-9-21/h13-14,17,19-20H,5-12,21H2,1-4H3,(H,22,26)(H,23,24). The lowest BCUT2D eigenvalue weighted by Crippen LogP contribution is -2.58. The zero-order chi connectivity index (χ0) is 21.8. The Balaban J connectivity index is 2.51. The van der Waals surface area contributed by atoms with E-state index in [-0.39, 0.29) is 48.4 Å². The highest BCUT2D eigenvalue weighted by Crippen LogP contribution is 2.31. The third-order valence-corrected chi connectivity index (χ3v) is 5.19. The van der Waals surface area contributed by atoms with Crippen LogP contribution >= 0.6 is 0 Å². The number of hydrogen-bond acceptors (Lipinski definition) is 7. The van der Waals surface area contributed by atoms with Crippen LogP contribution in [0, 0.1) is 11.8 Å². The average molecular weight is 416 g/mol. The summed E-state index contributed by atoms with van der Waals surface area (Å²) in [5, 5.41) is 5.73. The highest BCUT2D eigenvalue weighted by atomic mass is 16.7. The Kier molecular flexibility index (Phi) is 11.8. The van der Waals surface area contributed by atoms with E-state index in [9.17, 15) is 14.4 Å². The maximum absolute atomic E-state index is 11.7. The summed E-state index contributed by atoms with van der Waals surface area (Å²) in [7, 11) is 0. The minimum absolute atomic E-state index is 0.00684. The Morgan fingerprint density at radius 2 is 1.79 bits per heavy atom. The molecule has 1 aliphatic heterocycles. The summed E-state index contributed by atoms with van der Waals surface area (Å²) in [6.07, 6.45) is 1.63. The minimum Gasteiger partial charge on any atom is -0.463 e. The number of nitrogens with two attached hydrogens (primary N) is 1. The molecule has 9 heteroatoms. The number of esters is 1. The first-order valence-electron chi connectivity index (χ1n) is 10.4. The molecule has 2 amide bonds. The Morgan fingerprint density at radius 1 is 1.07 bits per heavy atom. The quantitative estimate of drug-likeness (QED) is 0.316. The van der Waals surface area contributed by atoms with E-state index < -0.39 is 6.29 Å². The lowest BCUT2D eigenvalue weighted by molar-refractivity contribution is -0.244. The second kappa shape index (κ2) is 13.5. The van der Waals surface area contributed by atoms with Crippen LogP contribution in [0.5, 0.6) is 0 Å². The van der Waals surface area contributed by atoms with Gasteiger partial charge in [0.05, 0.1) is 12.1 Å². The van der Waals surface area contributed by atoms with Crippen LogP contribution in [-0.2, 0) is 28.6 Å². The van der Waals surface area contributed by atoms with Crippen molar-refractivity contribution in [1.29, 1.82) is 0 Å². The molecular weight excluding hydrogens is 378 g/mol. The van der Waals surface area contributed by atoms with Gasteiger partial charge in [0, 0.05) is 33.4 Å². The van der Waals surface area contributed by atoms with Crippen LogP contribution < -0.4 is 16.4 Å². The largest absolute Gasteiger partial charge is 0.463 e. The van der Waals surface area contributed by atoms with Crippen LogP contribution in [-0.4, -0.2) is 62.5 Å². The van der Waals surface area contributed by atoms with Crippen LogP contribution in [0.1, 0.15) is 53.4 Å². The summed E-state index contributed by atoms with van der Waals surface area (Å²) in [5.41, 5.74) is 5.40. The number of carbonyl (C=O) groups excluding carboxylic acids is 3. The van der Waals surface area contributed by atoms with Crippen LogP contribution in [0.25, 0.3) is 0 Å². The van der Waals surface area contributed by atoms with Crippen molar-refractivity contribution in [2.75, 3.05) is 26.3 Å². The molecule has 9 nitrogen and oxygen atoms in total. The molecule has 5 atom stereocenters. The minimum atomic E-state index is -0.635. The van der Waals surface area contributed by atoms with Crippen molar-refractivity contribution in [1.82, 2.24) is 10.6 Å². The average Bonchev–Trinajstić information content (AvgIpc) is 2.65.